The van der Waals surface area contributed by atoms with Crippen molar-refractivity contribution in [3.05, 3.63) is 48.8 Å². The first-order valence-corrected chi connectivity index (χ1v) is 14.8. The van der Waals surface area contributed by atoms with Crippen LogP contribution < -0.4 is 15.5 Å². The molecule has 2 aliphatic heterocycles. The van der Waals surface area contributed by atoms with Gasteiger partial charge < -0.3 is 29.9 Å². The van der Waals surface area contributed by atoms with Gasteiger partial charge in [0.1, 0.15) is 5.60 Å². The number of nitrogens with zero attached hydrogens (tertiary/aromatic N) is 8. The molecule has 0 spiro atoms. The van der Waals surface area contributed by atoms with Gasteiger partial charge in [0.25, 0.3) is 0 Å². The van der Waals surface area contributed by atoms with Gasteiger partial charge in [-0.25, -0.2) is 24.2 Å². The smallest absolute Gasteiger partial charge is 0.410 e. The molecule has 3 amide bonds. The minimum absolute atomic E-state index is 0.0180. The number of ether oxygens (including phenoxy) is 2. The normalized spacial score (nSPS) is 16.2. The Morgan fingerprint density at radius 2 is 1.57 bits per heavy atom. The van der Waals surface area contributed by atoms with Crippen LogP contribution in [0.25, 0.3) is 22.6 Å². The van der Waals surface area contributed by atoms with Crippen LogP contribution in [0.15, 0.2) is 48.8 Å². The van der Waals surface area contributed by atoms with Gasteiger partial charge in [0, 0.05) is 55.5 Å². The molecule has 2 N–H and O–H groups in total. The summed E-state index contributed by atoms with van der Waals surface area (Å²) in [7, 11) is 0. The summed E-state index contributed by atoms with van der Waals surface area (Å²) in [6.45, 7) is 9.27. The maximum atomic E-state index is 12.6. The van der Waals surface area contributed by atoms with Gasteiger partial charge in [0.2, 0.25) is 0 Å². The first-order valence-electron chi connectivity index (χ1n) is 14.8. The van der Waals surface area contributed by atoms with Crippen molar-refractivity contribution in [2.75, 3.05) is 54.9 Å². The maximum absolute atomic E-state index is 12.6. The van der Waals surface area contributed by atoms with Crippen molar-refractivity contribution in [2.45, 2.75) is 45.3 Å². The second-order valence-corrected chi connectivity index (χ2v) is 11.8. The average Bonchev–Trinajstić information content (AvgIpc) is 3.45. The maximum Gasteiger partial charge on any atom is 0.410 e. The van der Waals surface area contributed by atoms with E-state index in [2.05, 4.69) is 30.8 Å². The fourth-order valence-corrected chi connectivity index (χ4v) is 5.24. The van der Waals surface area contributed by atoms with Crippen LogP contribution in [0, 0.1) is 0 Å². The number of rotatable bonds is 5. The van der Waals surface area contributed by atoms with E-state index in [1.54, 1.807) is 29.4 Å². The molecule has 0 saturated carbocycles. The van der Waals surface area contributed by atoms with Crippen molar-refractivity contribution < 1.29 is 19.1 Å². The number of urea groups is 1. The van der Waals surface area contributed by atoms with E-state index in [4.69, 9.17) is 19.4 Å². The lowest BCUT2D eigenvalue weighted by Crippen LogP contribution is -2.42. The molecule has 0 radical (unpaired) electrons. The van der Waals surface area contributed by atoms with Gasteiger partial charge in [0.05, 0.1) is 19.3 Å². The molecular formula is C30H36N10O4. The summed E-state index contributed by atoms with van der Waals surface area (Å²) < 4.78 is 13.0. The molecule has 2 aliphatic rings. The van der Waals surface area contributed by atoms with Crippen molar-refractivity contribution in [3.63, 3.8) is 0 Å². The van der Waals surface area contributed by atoms with Gasteiger partial charge in [0.15, 0.2) is 22.8 Å². The minimum Gasteiger partial charge on any atom is -0.444 e. The fourth-order valence-electron chi connectivity index (χ4n) is 5.24. The van der Waals surface area contributed by atoms with E-state index in [1.807, 2.05) is 49.7 Å². The predicted octanol–water partition coefficient (Wildman–Crippen LogP) is 4.34. The molecule has 2 fully saturated rings. The predicted molar refractivity (Wildman–Crippen MR) is 165 cm³/mol. The number of amides is 3. The zero-order valence-electron chi connectivity index (χ0n) is 25.1. The molecule has 4 aromatic rings. The Kier molecular flexibility index (Phi) is 8.24. The van der Waals surface area contributed by atoms with Crippen LogP contribution in [0.1, 0.15) is 39.7 Å². The number of anilines is 3. The lowest BCUT2D eigenvalue weighted by molar-refractivity contribution is 0.0185. The number of carbonyl (C=O) groups excluding carboxylic acids is 2. The molecule has 14 heteroatoms. The quantitative estimate of drug-likeness (QED) is 0.338. The number of hydrogen-bond donors (Lipinski definition) is 2. The Balaban J connectivity index is 1.24. The Bertz CT molecular complexity index is 1610. The van der Waals surface area contributed by atoms with E-state index in [9.17, 15) is 9.59 Å². The van der Waals surface area contributed by atoms with Crippen LogP contribution in [0.5, 0.6) is 0 Å². The molecule has 0 bridgehead atoms. The van der Waals surface area contributed by atoms with Gasteiger partial charge >= 0.3 is 12.1 Å². The van der Waals surface area contributed by atoms with E-state index in [0.717, 1.165) is 5.56 Å². The van der Waals surface area contributed by atoms with E-state index >= 15 is 0 Å². The number of pyridine rings is 1. The first-order chi connectivity index (χ1) is 21.2. The number of hydrogen-bond acceptors (Lipinski definition) is 10. The minimum atomic E-state index is -0.542. The molecule has 14 nitrogen and oxygen atoms in total. The average molecular weight is 601 g/mol. The van der Waals surface area contributed by atoms with Crippen molar-refractivity contribution in [1.29, 1.82) is 0 Å². The van der Waals surface area contributed by atoms with Crippen LogP contribution in [0.4, 0.5) is 26.8 Å². The highest BCUT2D eigenvalue weighted by atomic mass is 16.6. The highest BCUT2D eigenvalue weighted by Crippen LogP contribution is 2.31. The molecule has 0 atom stereocenters. The molecule has 5 heterocycles. The van der Waals surface area contributed by atoms with Crippen LogP contribution in [0.3, 0.4) is 0 Å². The Labute approximate surface area is 254 Å². The molecule has 1 aromatic carbocycles. The molecule has 44 heavy (non-hydrogen) atoms. The summed E-state index contributed by atoms with van der Waals surface area (Å²) >= 11 is 0. The third-order valence-corrected chi connectivity index (χ3v) is 7.42. The van der Waals surface area contributed by atoms with E-state index in [-0.39, 0.29) is 18.2 Å². The second kappa shape index (κ2) is 12.4. The largest absolute Gasteiger partial charge is 0.444 e. The molecule has 6 rings (SSSR count). The number of carbonyl (C=O) groups is 2. The number of likely N-dealkylation sites (tertiary alicyclic amines) is 1. The third-order valence-electron chi connectivity index (χ3n) is 7.42. The summed E-state index contributed by atoms with van der Waals surface area (Å²) in [5.74, 6) is 1.24. The number of fused-ring (bicyclic) bond motifs is 1. The molecule has 3 aromatic heterocycles. The Morgan fingerprint density at radius 1 is 0.909 bits per heavy atom. The van der Waals surface area contributed by atoms with Gasteiger partial charge in [-0.2, -0.15) is 0 Å². The lowest BCUT2D eigenvalue weighted by atomic mass is 10.1. The van der Waals surface area contributed by atoms with E-state index in [1.165, 1.54) is 0 Å². The topological polar surface area (TPSA) is 153 Å². The van der Waals surface area contributed by atoms with Crippen LogP contribution in [-0.4, -0.2) is 92.0 Å². The number of benzene rings is 1. The molecule has 0 unspecified atom stereocenters. The van der Waals surface area contributed by atoms with Crippen molar-refractivity contribution in [2.24, 2.45) is 0 Å². The Hall–Kier alpha value is -4.85. The number of piperidine rings is 1. The molecule has 0 aliphatic carbocycles. The lowest BCUT2D eigenvalue weighted by Gasteiger charge is -2.33. The second-order valence-electron chi connectivity index (χ2n) is 11.8. The summed E-state index contributed by atoms with van der Waals surface area (Å²) in [6.07, 6.45) is 4.32. The van der Waals surface area contributed by atoms with Crippen molar-refractivity contribution in [1.82, 2.24) is 34.8 Å². The third kappa shape index (κ3) is 6.70. The van der Waals surface area contributed by atoms with Crippen LogP contribution >= 0.6 is 0 Å². The fraction of sp³-hybridized carbons (Fsp3) is 0.433. The SMILES string of the molecule is CC(C)(C)OC(=O)N1CCC(n2nnc3c(N4CCOCC4)nc(-c4ccc(NC(=O)Nc5ccncc5)cc4)nc32)CC1. The zero-order chi connectivity index (χ0) is 30.7. The molecular weight excluding hydrogens is 564 g/mol. The Morgan fingerprint density at radius 3 is 2.23 bits per heavy atom. The van der Waals surface area contributed by atoms with Gasteiger partial charge in [-0.15, -0.1) is 5.10 Å². The highest BCUT2D eigenvalue weighted by molar-refractivity contribution is 5.99. The number of morpholine rings is 1. The first kappa shape index (κ1) is 29.2. The van der Waals surface area contributed by atoms with Gasteiger partial charge in [-0.05, 0) is 70.0 Å². The highest BCUT2D eigenvalue weighted by Gasteiger charge is 2.30. The molecule has 2 saturated heterocycles. The zero-order valence-corrected chi connectivity index (χ0v) is 25.1. The summed E-state index contributed by atoms with van der Waals surface area (Å²) in [5, 5.41) is 14.7. The van der Waals surface area contributed by atoms with E-state index < -0.39 is 5.60 Å². The van der Waals surface area contributed by atoms with Gasteiger partial charge in [-0.3, -0.25) is 4.98 Å². The standard InChI is InChI=1S/C30H36N10O4/c1-30(2,3)44-29(42)39-14-10-23(11-15-39)40-27-24(36-37-40)26(38-16-18-43-19-17-38)34-25(35-27)20-4-6-21(7-5-20)32-28(41)33-22-8-12-31-13-9-22/h4-9,12-13,23H,10-11,14-19H2,1-3H3,(H2,31,32,33,41). The summed E-state index contributed by atoms with van der Waals surface area (Å²) in [5.41, 5.74) is 2.79. The number of nitrogens with one attached hydrogen (secondary N) is 2. The number of aromatic nitrogens is 6. The molecule has 230 valence electrons. The summed E-state index contributed by atoms with van der Waals surface area (Å²) in [6, 6.07) is 10.5. The van der Waals surface area contributed by atoms with Crippen molar-refractivity contribution in [3.8, 4) is 11.4 Å². The summed E-state index contributed by atoms with van der Waals surface area (Å²) in [4.78, 5) is 42.8. The van der Waals surface area contributed by atoms with E-state index in [0.29, 0.717) is 86.4 Å². The van der Waals surface area contributed by atoms with Crippen LogP contribution in [-0.2, 0) is 9.47 Å². The van der Waals surface area contributed by atoms with Crippen molar-refractivity contribution >= 4 is 40.5 Å². The van der Waals surface area contributed by atoms with Gasteiger partial charge in [-0.1, -0.05) is 5.21 Å². The van der Waals surface area contributed by atoms with Crippen LogP contribution in [0.2, 0.25) is 0 Å². The monoisotopic (exact) mass is 600 g/mol.